The number of rotatable bonds is 2. The summed E-state index contributed by atoms with van der Waals surface area (Å²) in [5.74, 6) is -0.0691. The Labute approximate surface area is 73.9 Å². The first-order valence-corrected chi connectivity index (χ1v) is 4.77. The summed E-state index contributed by atoms with van der Waals surface area (Å²) in [5, 5.41) is 0.635. The van der Waals surface area contributed by atoms with Crippen LogP contribution < -0.4 is 0 Å². The summed E-state index contributed by atoms with van der Waals surface area (Å²) in [4.78, 5) is 23.5. The van der Waals surface area contributed by atoms with Gasteiger partial charge in [-0.1, -0.05) is 15.9 Å². The van der Waals surface area contributed by atoms with E-state index in [1.54, 1.807) is 0 Å². The second-order valence-electron chi connectivity index (χ2n) is 2.48. The van der Waals surface area contributed by atoms with Gasteiger partial charge in [-0.05, 0) is 6.42 Å². The molecule has 1 aliphatic heterocycles. The monoisotopic (exact) mass is 219 g/mol. The molecule has 2 amide bonds. The third kappa shape index (κ3) is 2.02. The minimum Gasteiger partial charge on any atom is -0.283 e. The van der Waals surface area contributed by atoms with Crippen LogP contribution in [0.4, 0.5) is 0 Å². The number of nitrogens with zero attached hydrogens (tertiary/aromatic N) is 1. The Morgan fingerprint density at radius 3 is 2.82 bits per heavy atom. The number of carbonyl (C=O) groups is 2. The second-order valence-corrected chi connectivity index (χ2v) is 3.27. The van der Waals surface area contributed by atoms with E-state index >= 15 is 0 Å². The molecule has 0 unspecified atom stereocenters. The van der Waals surface area contributed by atoms with Crippen LogP contribution in [0.3, 0.4) is 0 Å². The average Bonchev–Trinajstić information content (AvgIpc) is 2.36. The number of likely N-dealkylation sites (tertiary alicyclic amines) is 1. The van der Waals surface area contributed by atoms with E-state index < -0.39 is 0 Å². The van der Waals surface area contributed by atoms with E-state index in [0.717, 1.165) is 6.42 Å². The summed E-state index contributed by atoms with van der Waals surface area (Å²) in [7, 11) is 0. The normalized spacial score (nSPS) is 17.5. The van der Waals surface area contributed by atoms with Crippen LogP contribution in [0, 0.1) is 0 Å². The van der Waals surface area contributed by atoms with Gasteiger partial charge in [-0.25, -0.2) is 0 Å². The Morgan fingerprint density at radius 2 is 2.36 bits per heavy atom. The summed E-state index contributed by atoms with van der Waals surface area (Å²) in [5.41, 5.74) is 0. The lowest BCUT2D eigenvalue weighted by Crippen LogP contribution is -2.31. The van der Waals surface area contributed by atoms with E-state index in [0.29, 0.717) is 24.7 Å². The molecule has 1 saturated heterocycles. The first kappa shape index (κ1) is 8.71. The zero-order valence-corrected chi connectivity index (χ0v) is 7.76. The highest BCUT2D eigenvalue weighted by Crippen LogP contribution is 2.11. The number of amides is 2. The van der Waals surface area contributed by atoms with Gasteiger partial charge < -0.3 is 0 Å². The molecule has 0 saturated carbocycles. The largest absolute Gasteiger partial charge is 0.283 e. The van der Waals surface area contributed by atoms with Gasteiger partial charge in [-0.15, -0.1) is 0 Å². The lowest BCUT2D eigenvalue weighted by atomic mass is 10.4. The Balaban J connectivity index is 2.46. The first-order chi connectivity index (χ1) is 5.25. The number of alkyl halides is 1. The number of halogens is 1. The molecule has 0 atom stereocenters. The molecule has 0 radical (unpaired) electrons. The van der Waals surface area contributed by atoms with E-state index in [2.05, 4.69) is 15.9 Å². The molecule has 1 fully saturated rings. The Morgan fingerprint density at radius 1 is 1.64 bits per heavy atom. The number of hydrogen-bond acceptors (Lipinski definition) is 2. The van der Waals surface area contributed by atoms with Crippen LogP contribution in [0.1, 0.15) is 19.3 Å². The SMILES string of the molecule is O=C(CCBr)N1CCCC1=O. The van der Waals surface area contributed by atoms with Crippen molar-refractivity contribution in [3.05, 3.63) is 0 Å². The zero-order valence-electron chi connectivity index (χ0n) is 6.18. The number of imide groups is 1. The van der Waals surface area contributed by atoms with Crippen LogP contribution in [0.25, 0.3) is 0 Å². The fourth-order valence-electron chi connectivity index (χ4n) is 1.13. The fraction of sp³-hybridized carbons (Fsp3) is 0.714. The maximum atomic E-state index is 11.1. The van der Waals surface area contributed by atoms with Gasteiger partial charge in [-0.3, -0.25) is 14.5 Å². The summed E-state index contributed by atoms with van der Waals surface area (Å²) in [6, 6.07) is 0. The van der Waals surface area contributed by atoms with E-state index in [4.69, 9.17) is 0 Å². The van der Waals surface area contributed by atoms with E-state index in [9.17, 15) is 9.59 Å². The van der Waals surface area contributed by atoms with Crippen molar-refractivity contribution in [1.82, 2.24) is 4.90 Å². The summed E-state index contributed by atoms with van der Waals surface area (Å²) in [6.45, 7) is 0.616. The minimum absolute atomic E-state index is 0.0176. The van der Waals surface area contributed by atoms with Crippen LogP contribution in [-0.4, -0.2) is 28.6 Å². The fourth-order valence-corrected chi connectivity index (χ4v) is 1.47. The average molecular weight is 220 g/mol. The molecule has 0 aromatic rings. The molecular weight excluding hydrogens is 210 g/mol. The lowest BCUT2D eigenvalue weighted by Gasteiger charge is -2.11. The predicted molar refractivity (Wildman–Crippen MR) is 44.4 cm³/mol. The molecule has 1 heterocycles. The van der Waals surface area contributed by atoms with Gasteiger partial charge in [0.25, 0.3) is 0 Å². The van der Waals surface area contributed by atoms with Crippen LogP contribution in [0.2, 0.25) is 0 Å². The summed E-state index contributed by atoms with van der Waals surface area (Å²) in [6.07, 6.45) is 1.78. The van der Waals surface area contributed by atoms with E-state index in [-0.39, 0.29) is 11.8 Å². The molecule has 0 aromatic heterocycles. The first-order valence-electron chi connectivity index (χ1n) is 3.65. The van der Waals surface area contributed by atoms with Crippen LogP contribution in [0.15, 0.2) is 0 Å². The van der Waals surface area contributed by atoms with Crippen molar-refractivity contribution >= 4 is 27.7 Å². The predicted octanol–water partition coefficient (Wildman–Crippen LogP) is 0.920. The molecular formula is C7H10BrNO2. The molecule has 11 heavy (non-hydrogen) atoms. The van der Waals surface area contributed by atoms with Crippen molar-refractivity contribution in [2.75, 3.05) is 11.9 Å². The van der Waals surface area contributed by atoms with Crippen molar-refractivity contribution in [3.63, 3.8) is 0 Å². The van der Waals surface area contributed by atoms with Crippen molar-refractivity contribution in [2.45, 2.75) is 19.3 Å². The van der Waals surface area contributed by atoms with Gasteiger partial charge >= 0.3 is 0 Å². The van der Waals surface area contributed by atoms with Gasteiger partial charge in [0.2, 0.25) is 11.8 Å². The van der Waals surface area contributed by atoms with E-state index in [1.165, 1.54) is 4.90 Å². The van der Waals surface area contributed by atoms with Crippen molar-refractivity contribution in [1.29, 1.82) is 0 Å². The molecule has 0 N–H and O–H groups in total. The lowest BCUT2D eigenvalue weighted by molar-refractivity contribution is -0.141. The Kier molecular flexibility index (Phi) is 3.05. The highest BCUT2D eigenvalue weighted by atomic mass is 79.9. The second kappa shape index (κ2) is 3.85. The van der Waals surface area contributed by atoms with Gasteiger partial charge in [-0.2, -0.15) is 0 Å². The van der Waals surface area contributed by atoms with Crippen molar-refractivity contribution in [2.24, 2.45) is 0 Å². The van der Waals surface area contributed by atoms with Crippen molar-refractivity contribution in [3.8, 4) is 0 Å². The standard InChI is InChI=1S/C7H10BrNO2/c8-4-3-7(11)9-5-1-2-6(9)10/h1-5H2. The molecule has 3 nitrogen and oxygen atoms in total. The van der Waals surface area contributed by atoms with Gasteiger partial charge in [0, 0.05) is 24.7 Å². The Bertz CT molecular complexity index is 181. The third-order valence-corrected chi connectivity index (χ3v) is 2.08. The maximum absolute atomic E-state index is 11.1. The van der Waals surface area contributed by atoms with Crippen molar-refractivity contribution < 1.29 is 9.59 Å². The van der Waals surface area contributed by atoms with Crippen LogP contribution >= 0.6 is 15.9 Å². The number of hydrogen-bond donors (Lipinski definition) is 0. The highest BCUT2D eigenvalue weighted by molar-refractivity contribution is 9.09. The van der Waals surface area contributed by atoms with Gasteiger partial charge in [0.15, 0.2) is 0 Å². The molecule has 4 heteroatoms. The number of carbonyl (C=O) groups excluding carboxylic acids is 2. The molecule has 1 aliphatic rings. The zero-order chi connectivity index (χ0) is 8.27. The van der Waals surface area contributed by atoms with Crippen LogP contribution in [-0.2, 0) is 9.59 Å². The summed E-state index contributed by atoms with van der Waals surface area (Å²) < 4.78 is 0. The summed E-state index contributed by atoms with van der Waals surface area (Å²) >= 11 is 3.16. The minimum atomic E-state index is -0.0515. The molecule has 0 aromatic carbocycles. The molecule has 0 spiro atoms. The molecule has 62 valence electrons. The topological polar surface area (TPSA) is 37.4 Å². The highest BCUT2D eigenvalue weighted by Gasteiger charge is 2.25. The van der Waals surface area contributed by atoms with E-state index in [1.807, 2.05) is 0 Å². The smallest absolute Gasteiger partial charge is 0.230 e. The maximum Gasteiger partial charge on any atom is 0.230 e. The van der Waals surface area contributed by atoms with Gasteiger partial charge in [0.05, 0.1) is 0 Å². The van der Waals surface area contributed by atoms with Crippen LogP contribution in [0.5, 0.6) is 0 Å². The molecule has 1 rings (SSSR count). The third-order valence-electron chi connectivity index (χ3n) is 1.68. The molecule has 0 bridgehead atoms. The Hall–Kier alpha value is -0.380. The molecule has 0 aliphatic carbocycles. The quantitative estimate of drug-likeness (QED) is 0.649. The van der Waals surface area contributed by atoms with Gasteiger partial charge in [0.1, 0.15) is 0 Å².